The molecule has 1 aliphatic heterocycles. The second-order valence-electron chi connectivity index (χ2n) is 3.97. The topological polar surface area (TPSA) is 29.5 Å². The first-order valence-electron chi connectivity index (χ1n) is 5.37. The second-order valence-corrected chi connectivity index (χ2v) is 3.97. The molecule has 16 heavy (non-hydrogen) atoms. The number of rotatable bonds is 2. The Bertz CT molecular complexity index is 398. The van der Waals surface area contributed by atoms with Gasteiger partial charge >= 0.3 is 6.09 Å². The standard InChI is InChI=1S/C13H15NO2/c1-11-7-8-14(9-11)13(15)16-10-12-5-3-2-4-6-12/h2-7H,8-10H2,1H3. The van der Waals surface area contributed by atoms with E-state index < -0.39 is 0 Å². The van der Waals surface area contributed by atoms with Crippen molar-refractivity contribution >= 4 is 6.09 Å². The summed E-state index contributed by atoms with van der Waals surface area (Å²) in [6.45, 7) is 3.72. The van der Waals surface area contributed by atoms with Crippen molar-refractivity contribution in [2.75, 3.05) is 13.1 Å². The van der Waals surface area contributed by atoms with E-state index in [4.69, 9.17) is 4.74 Å². The van der Waals surface area contributed by atoms with Crippen molar-refractivity contribution in [1.29, 1.82) is 0 Å². The highest BCUT2D eigenvalue weighted by molar-refractivity contribution is 5.69. The maximum absolute atomic E-state index is 11.6. The third-order valence-electron chi connectivity index (χ3n) is 2.56. The van der Waals surface area contributed by atoms with E-state index >= 15 is 0 Å². The van der Waals surface area contributed by atoms with E-state index in [0.29, 0.717) is 19.7 Å². The molecule has 2 rings (SSSR count). The number of nitrogens with zero attached hydrogens (tertiary/aromatic N) is 1. The summed E-state index contributed by atoms with van der Waals surface area (Å²) in [5.74, 6) is 0. The van der Waals surface area contributed by atoms with E-state index in [1.165, 1.54) is 5.57 Å². The quantitative estimate of drug-likeness (QED) is 0.712. The summed E-state index contributed by atoms with van der Waals surface area (Å²) < 4.78 is 5.21. The van der Waals surface area contributed by atoms with Gasteiger partial charge in [-0.2, -0.15) is 0 Å². The predicted octanol–water partition coefficient (Wildman–Crippen LogP) is 2.59. The van der Waals surface area contributed by atoms with Crippen LogP contribution in [0, 0.1) is 0 Å². The number of ether oxygens (including phenoxy) is 1. The fourth-order valence-electron chi connectivity index (χ4n) is 1.65. The van der Waals surface area contributed by atoms with Crippen LogP contribution in [0.25, 0.3) is 0 Å². The normalized spacial score (nSPS) is 14.8. The zero-order valence-corrected chi connectivity index (χ0v) is 9.35. The van der Waals surface area contributed by atoms with Crippen LogP contribution in [-0.4, -0.2) is 24.1 Å². The maximum Gasteiger partial charge on any atom is 0.410 e. The molecule has 3 heteroatoms. The second kappa shape index (κ2) is 4.84. The van der Waals surface area contributed by atoms with Gasteiger partial charge in [0.05, 0.1) is 0 Å². The third-order valence-corrected chi connectivity index (χ3v) is 2.56. The van der Waals surface area contributed by atoms with Crippen molar-refractivity contribution in [3.8, 4) is 0 Å². The van der Waals surface area contributed by atoms with Crippen LogP contribution < -0.4 is 0 Å². The molecular weight excluding hydrogens is 202 g/mol. The highest BCUT2D eigenvalue weighted by Gasteiger charge is 2.18. The average molecular weight is 217 g/mol. The highest BCUT2D eigenvalue weighted by atomic mass is 16.6. The van der Waals surface area contributed by atoms with Gasteiger partial charge in [0.25, 0.3) is 0 Å². The molecule has 0 spiro atoms. The van der Waals surface area contributed by atoms with Gasteiger partial charge in [-0.15, -0.1) is 0 Å². The average Bonchev–Trinajstić information content (AvgIpc) is 2.74. The molecule has 0 saturated carbocycles. The molecule has 1 heterocycles. The molecule has 0 bridgehead atoms. The van der Waals surface area contributed by atoms with E-state index in [1.54, 1.807) is 4.90 Å². The van der Waals surface area contributed by atoms with Crippen molar-refractivity contribution < 1.29 is 9.53 Å². The van der Waals surface area contributed by atoms with Gasteiger partial charge in [-0.05, 0) is 12.5 Å². The summed E-state index contributed by atoms with van der Waals surface area (Å²) in [5.41, 5.74) is 2.23. The fourth-order valence-corrected chi connectivity index (χ4v) is 1.65. The minimum Gasteiger partial charge on any atom is -0.445 e. The lowest BCUT2D eigenvalue weighted by Crippen LogP contribution is -2.29. The van der Waals surface area contributed by atoms with Crippen molar-refractivity contribution in [1.82, 2.24) is 4.90 Å². The number of hydrogen-bond donors (Lipinski definition) is 0. The van der Waals surface area contributed by atoms with Gasteiger partial charge in [-0.1, -0.05) is 42.0 Å². The van der Waals surface area contributed by atoms with Crippen LogP contribution in [0.5, 0.6) is 0 Å². The SMILES string of the molecule is CC1=CCN(C(=O)OCc2ccccc2)C1. The van der Waals surface area contributed by atoms with Gasteiger partial charge in [-0.25, -0.2) is 4.79 Å². The smallest absolute Gasteiger partial charge is 0.410 e. The number of benzene rings is 1. The van der Waals surface area contributed by atoms with E-state index in [9.17, 15) is 4.79 Å². The van der Waals surface area contributed by atoms with Crippen LogP contribution in [0.4, 0.5) is 4.79 Å². The summed E-state index contributed by atoms with van der Waals surface area (Å²) in [5, 5.41) is 0. The first kappa shape index (κ1) is 10.7. The number of carbonyl (C=O) groups is 1. The summed E-state index contributed by atoms with van der Waals surface area (Å²) in [6, 6.07) is 9.70. The molecule has 0 N–H and O–H groups in total. The maximum atomic E-state index is 11.6. The van der Waals surface area contributed by atoms with E-state index in [-0.39, 0.29) is 6.09 Å². The van der Waals surface area contributed by atoms with E-state index in [1.807, 2.05) is 43.3 Å². The van der Waals surface area contributed by atoms with Gasteiger partial charge in [0.2, 0.25) is 0 Å². The Hall–Kier alpha value is -1.77. The molecule has 0 unspecified atom stereocenters. The summed E-state index contributed by atoms with van der Waals surface area (Å²) in [7, 11) is 0. The Morgan fingerprint density at radius 1 is 1.38 bits per heavy atom. The van der Waals surface area contributed by atoms with Crippen molar-refractivity contribution in [2.24, 2.45) is 0 Å². The molecule has 1 amide bonds. The van der Waals surface area contributed by atoms with Crippen LogP contribution in [0.1, 0.15) is 12.5 Å². The Balaban J connectivity index is 1.81. The molecule has 1 aromatic rings. The van der Waals surface area contributed by atoms with Crippen LogP contribution in [0.3, 0.4) is 0 Å². The largest absolute Gasteiger partial charge is 0.445 e. The monoisotopic (exact) mass is 217 g/mol. The molecule has 0 atom stereocenters. The lowest BCUT2D eigenvalue weighted by Gasteiger charge is -2.15. The zero-order chi connectivity index (χ0) is 11.4. The van der Waals surface area contributed by atoms with Crippen LogP contribution in [-0.2, 0) is 11.3 Å². The summed E-state index contributed by atoms with van der Waals surface area (Å²) in [6.07, 6.45) is 1.81. The number of amides is 1. The molecule has 1 aromatic carbocycles. The Morgan fingerprint density at radius 3 is 2.75 bits per heavy atom. The lowest BCUT2D eigenvalue weighted by atomic mass is 10.2. The Kier molecular flexibility index (Phi) is 3.25. The van der Waals surface area contributed by atoms with Gasteiger partial charge in [0.1, 0.15) is 6.61 Å². The third kappa shape index (κ3) is 2.63. The van der Waals surface area contributed by atoms with Gasteiger partial charge in [0, 0.05) is 13.1 Å². The van der Waals surface area contributed by atoms with Crippen molar-refractivity contribution in [3.63, 3.8) is 0 Å². The number of carbonyl (C=O) groups excluding carboxylic acids is 1. The molecule has 1 aliphatic rings. The van der Waals surface area contributed by atoms with E-state index in [0.717, 1.165) is 5.56 Å². The van der Waals surface area contributed by atoms with Crippen LogP contribution in [0.15, 0.2) is 42.0 Å². The minimum atomic E-state index is -0.239. The van der Waals surface area contributed by atoms with Crippen molar-refractivity contribution in [3.05, 3.63) is 47.5 Å². The predicted molar refractivity (Wildman–Crippen MR) is 62.0 cm³/mol. The van der Waals surface area contributed by atoms with Crippen molar-refractivity contribution in [2.45, 2.75) is 13.5 Å². The molecule has 84 valence electrons. The molecule has 0 aromatic heterocycles. The lowest BCUT2D eigenvalue weighted by molar-refractivity contribution is 0.105. The summed E-state index contributed by atoms with van der Waals surface area (Å²) in [4.78, 5) is 13.3. The fraction of sp³-hybridized carbons (Fsp3) is 0.308. The van der Waals surface area contributed by atoms with Gasteiger partial charge in [-0.3, -0.25) is 0 Å². The zero-order valence-electron chi connectivity index (χ0n) is 9.35. The first-order chi connectivity index (χ1) is 7.75. The molecule has 3 nitrogen and oxygen atoms in total. The Morgan fingerprint density at radius 2 is 2.12 bits per heavy atom. The van der Waals surface area contributed by atoms with E-state index in [2.05, 4.69) is 0 Å². The van der Waals surface area contributed by atoms with Crippen LogP contribution >= 0.6 is 0 Å². The molecule has 0 radical (unpaired) electrons. The first-order valence-corrected chi connectivity index (χ1v) is 5.37. The van der Waals surface area contributed by atoms with Gasteiger partial charge in [0.15, 0.2) is 0 Å². The minimum absolute atomic E-state index is 0.239. The van der Waals surface area contributed by atoms with Crippen LogP contribution in [0.2, 0.25) is 0 Å². The molecule has 0 saturated heterocycles. The Labute approximate surface area is 95.3 Å². The summed E-state index contributed by atoms with van der Waals surface area (Å²) >= 11 is 0. The van der Waals surface area contributed by atoms with Gasteiger partial charge < -0.3 is 9.64 Å². The molecular formula is C13H15NO2. The number of hydrogen-bond acceptors (Lipinski definition) is 2. The molecule has 0 aliphatic carbocycles. The molecule has 0 fully saturated rings. The highest BCUT2D eigenvalue weighted by Crippen LogP contribution is 2.10.